The van der Waals surface area contributed by atoms with E-state index in [0.29, 0.717) is 12.5 Å². The predicted molar refractivity (Wildman–Crippen MR) is 117 cm³/mol. The molecule has 1 aliphatic heterocycles. The molecule has 0 bridgehead atoms. The first-order valence-corrected chi connectivity index (χ1v) is 10.6. The molecule has 1 aromatic heterocycles. The Morgan fingerprint density at radius 3 is 2.79 bits per heavy atom. The van der Waals surface area contributed by atoms with E-state index in [-0.39, 0.29) is 0 Å². The Balaban J connectivity index is 1.36. The van der Waals surface area contributed by atoms with Crippen molar-refractivity contribution in [1.82, 2.24) is 4.98 Å². The Labute approximate surface area is 168 Å². The summed E-state index contributed by atoms with van der Waals surface area (Å²) in [5.74, 6) is 2.37. The lowest BCUT2D eigenvalue weighted by atomic mass is 9.90. The van der Waals surface area contributed by atoms with Crippen molar-refractivity contribution in [3.63, 3.8) is 0 Å². The highest BCUT2D eigenvalue weighted by Crippen LogP contribution is 2.27. The van der Waals surface area contributed by atoms with Gasteiger partial charge in [0.25, 0.3) is 0 Å². The van der Waals surface area contributed by atoms with Gasteiger partial charge in [0, 0.05) is 25.0 Å². The number of fused-ring (bicyclic) bond motifs is 1. The van der Waals surface area contributed by atoms with E-state index in [0.717, 1.165) is 48.9 Å². The van der Waals surface area contributed by atoms with Crippen molar-refractivity contribution in [2.75, 3.05) is 23.3 Å². The number of hydrogen-bond acceptors (Lipinski definition) is 3. The Hall–Kier alpha value is -2.56. The molecule has 2 aliphatic rings. The van der Waals surface area contributed by atoms with Crippen LogP contribution < -0.4 is 16.0 Å². The number of pyridine rings is 1. The molecule has 0 radical (unpaired) electrons. The molecule has 0 saturated carbocycles. The first kappa shape index (κ1) is 18.8. The van der Waals surface area contributed by atoms with Gasteiger partial charge in [-0.05, 0) is 73.3 Å². The number of anilines is 2. The summed E-state index contributed by atoms with van der Waals surface area (Å²) in [7, 11) is 0. The number of guanidine groups is 1. The van der Waals surface area contributed by atoms with E-state index < -0.39 is 0 Å². The molecular formula is C23H31N5. The van der Waals surface area contributed by atoms with Gasteiger partial charge in [-0.3, -0.25) is 0 Å². The third-order valence-corrected chi connectivity index (χ3v) is 6.01. The fourth-order valence-electron chi connectivity index (χ4n) is 4.19. The van der Waals surface area contributed by atoms with Crippen LogP contribution in [0, 0.1) is 5.92 Å². The van der Waals surface area contributed by atoms with E-state index in [4.69, 9.17) is 5.73 Å². The average molecular weight is 378 g/mol. The van der Waals surface area contributed by atoms with Gasteiger partial charge in [0.1, 0.15) is 5.82 Å². The molecule has 0 atom stereocenters. The van der Waals surface area contributed by atoms with Crippen molar-refractivity contribution in [1.29, 1.82) is 0 Å². The summed E-state index contributed by atoms with van der Waals surface area (Å²) in [5, 5.41) is 3.31. The largest absolute Gasteiger partial charge is 0.370 e. The number of nitrogens with one attached hydrogen (secondary N) is 1. The van der Waals surface area contributed by atoms with E-state index >= 15 is 0 Å². The normalized spacial score (nSPS) is 18.0. The van der Waals surface area contributed by atoms with Gasteiger partial charge in [-0.2, -0.15) is 0 Å². The summed E-state index contributed by atoms with van der Waals surface area (Å²) in [5.41, 5.74) is 11.2. The van der Waals surface area contributed by atoms with Crippen LogP contribution in [0.4, 0.5) is 11.5 Å². The zero-order chi connectivity index (χ0) is 19.3. The first-order chi connectivity index (χ1) is 13.7. The van der Waals surface area contributed by atoms with Crippen LogP contribution in [-0.2, 0) is 19.4 Å². The average Bonchev–Trinajstić information content (AvgIpc) is 2.74. The second-order valence-electron chi connectivity index (χ2n) is 8.17. The Morgan fingerprint density at radius 1 is 1.18 bits per heavy atom. The van der Waals surface area contributed by atoms with Gasteiger partial charge in [0.15, 0.2) is 5.96 Å². The van der Waals surface area contributed by atoms with E-state index in [9.17, 15) is 0 Å². The molecule has 2 heterocycles. The summed E-state index contributed by atoms with van der Waals surface area (Å²) in [6, 6.07) is 10.6. The second kappa shape index (κ2) is 8.63. The van der Waals surface area contributed by atoms with Crippen molar-refractivity contribution in [2.45, 2.75) is 52.0 Å². The van der Waals surface area contributed by atoms with E-state index in [2.05, 4.69) is 57.4 Å². The maximum atomic E-state index is 6.16. The molecular weight excluding hydrogens is 346 g/mol. The van der Waals surface area contributed by atoms with Gasteiger partial charge < -0.3 is 16.0 Å². The molecule has 3 N–H and O–H groups in total. The zero-order valence-corrected chi connectivity index (χ0v) is 16.8. The van der Waals surface area contributed by atoms with E-state index in [1.807, 2.05) is 6.20 Å². The van der Waals surface area contributed by atoms with Crippen LogP contribution in [0.3, 0.4) is 0 Å². The molecule has 5 heteroatoms. The molecule has 4 rings (SSSR count). The predicted octanol–water partition coefficient (Wildman–Crippen LogP) is 4.12. The van der Waals surface area contributed by atoms with Crippen molar-refractivity contribution < 1.29 is 0 Å². The molecule has 0 spiro atoms. The third kappa shape index (κ3) is 4.46. The number of nitrogens with two attached hydrogens (primary N) is 1. The second-order valence-corrected chi connectivity index (χ2v) is 8.17. The number of hydrogen-bond donors (Lipinski definition) is 2. The molecule has 0 amide bonds. The number of nitrogens with zero attached hydrogens (tertiary/aromatic N) is 3. The maximum absolute atomic E-state index is 6.16. The lowest BCUT2D eigenvalue weighted by Crippen LogP contribution is -2.33. The van der Waals surface area contributed by atoms with Gasteiger partial charge in [-0.1, -0.05) is 25.1 Å². The summed E-state index contributed by atoms with van der Waals surface area (Å²) in [6.45, 7) is 5.07. The first-order valence-electron chi connectivity index (χ1n) is 10.6. The number of benzene rings is 1. The minimum absolute atomic E-state index is 0.466. The highest BCUT2D eigenvalue weighted by atomic mass is 15.2. The van der Waals surface area contributed by atoms with Crippen LogP contribution in [0.25, 0.3) is 0 Å². The van der Waals surface area contributed by atoms with Crippen LogP contribution in [0.2, 0.25) is 0 Å². The molecule has 1 saturated heterocycles. The molecule has 1 fully saturated rings. The minimum Gasteiger partial charge on any atom is -0.370 e. The standard InChI is InChI=1S/C23H31N5/c1-17-11-13-28(14-12-17)22-10-9-18(15-25-22)16-26-23(24)27-21-8-4-6-19-5-2-3-7-20(19)21/h4,6,8-10,15,17H,2-3,5,7,11-14,16H2,1H3,(H3,24,26,27). The number of aromatic nitrogens is 1. The Bertz CT molecular complexity index is 819. The molecule has 1 aliphatic carbocycles. The van der Waals surface area contributed by atoms with Gasteiger partial charge in [-0.25, -0.2) is 9.98 Å². The fourth-order valence-corrected chi connectivity index (χ4v) is 4.19. The highest BCUT2D eigenvalue weighted by molar-refractivity contribution is 5.93. The summed E-state index contributed by atoms with van der Waals surface area (Å²) in [4.78, 5) is 11.5. The topological polar surface area (TPSA) is 66.5 Å². The lowest BCUT2D eigenvalue weighted by Gasteiger charge is -2.31. The third-order valence-electron chi connectivity index (χ3n) is 6.01. The van der Waals surface area contributed by atoms with Crippen LogP contribution in [0.15, 0.2) is 41.5 Å². The van der Waals surface area contributed by atoms with Gasteiger partial charge in [0.2, 0.25) is 0 Å². The van der Waals surface area contributed by atoms with Crippen LogP contribution in [-0.4, -0.2) is 24.0 Å². The SMILES string of the molecule is CC1CCN(c2ccc(CN=C(N)Nc3cccc4c3CCCC4)cn2)CC1. The molecule has 1 aromatic carbocycles. The molecule has 28 heavy (non-hydrogen) atoms. The summed E-state index contributed by atoms with van der Waals surface area (Å²) < 4.78 is 0. The molecule has 0 unspecified atom stereocenters. The van der Waals surface area contributed by atoms with Crippen molar-refractivity contribution >= 4 is 17.5 Å². The van der Waals surface area contributed by atoms with Crippen molar-refractivity contribution in [2.24, 2.45) is 16.6 Å². The smallest absolute Gasteiger partial charge is 0.193 e. The monoisotopic (exact) mass is 377 g/mol. The molecule has 2 aromatic rings. The molecule has 148 valence electrons. The Morgan fingerprint density at radius 2 is 2.00 bits per heavy atom. The highest BCUT2D eigenvalue weighted by Gasteiger charge is 2.16. The quantitative estimate of drug-likeness (QED) is 0.621. The maximum Gasteiger partial charge on any atom is 0.193 e. The van der Waals surface area contributed by atoms with Gasteiger partial charge >= 0.3 is 0 Å². The lowest BCUT2D eigenvalue weighted by molar-refractivity contribution is 0.436. The fraction of sp³-hybridized carbons (Fsp3) is 0.478. The van der Waals surface area contributed by atoms with Crippen molar-refractivity contribution in [3.05, 3.63) is 53.2 Å². The number of aryl methyl sites for hydroxylation is 1. The van der Waals surface area contributed by atoms with Crippen LogP contribution in [0.1, 0.15) is 49.3 Å². The zero-order valence-electron chi connectivity index (χ0n) is 16.8. The van der Waals surface area contributed by atoms with Gasteiger partial charge in [-0.15, -0.1) is 0 Å². The number of piperidine rings is 1. The number of rotatable bonds is 4. The van der Waals surface area contributed by atoms with E-state index in [1.54, 1.807) is 0 Å². The number of aliphatic imine (C=N–C) groups is 1. The van der Waals surface area contributed by atoms with Crippen LogP contribution >= 0.6 is 0 Å². The van der Waals surface area contributed by atoms with Gasteiger partial charge in [0.05, 0.1) is 6.54 Å². The summed E-state index contributed by atoms with van der Waals surface area (Å²) in [6.07, 6.45) is 9.23. The van der Waals surface area contributed by atoms with Crippen LogP contribution in [0.5, 0.6) is 0 Å². The summed E-state index contributed by atoms with van der Waals surface area (Å²) >= 11 is 0. The van der Waals surface area contributed by atoms with Crippen molar-refractivity contribution in [3.8, 4) is 0 Å². The Kier molecular flexibility index (Phi) is 5.79. The van der Waals surface area contributed by atoms with E-state index in [1.165, 1.54) is 36.8 Å². The molecule has 5 nitrogen and oxygen atoms in total. The minimum atomic E-state index is 0.466.